The van der Waals surface area contributed by atoms with E-state index in [4.69, 9.17) is 10.7 Å². The Morgan fingerprint density at radius 3 is 2.29 bits per heavy atom. The summed E-state index contributed by atoms with van der Waals surface area (Å²) < 4.78 is 0. The van der Waals surface area contributed by atoms with E-state index in [1.807, 2.05) is 0 Å². The van der Waals surface area contributed by atoms with Crippen LogP contribution >= 0.6 is 0 Å². The number of nitrogens with two attached hydrogens (primary N) is 1. The van der Waals surface area contributed by atoms with Gasteiger partial charge in [0, 0.05) is 18.9 Å². The van der Waals surface area contributed by atoms with Gasteiger partial charge in [0.2, 0.25) is 0 Å². The number of benzene rings is 1. The van der Waals surface area contributed by atoms with Crippen LogP contribution in [0.3, 0.4) is 0 Å². The maximum Gasteiger partial charge on any atom is 0.331 e. The highest BCUT2D eigenvalue weighted by molar-refractivity contribution is 5.93. The van der Waals surface area contributed by atoms with E-state index < -0.39 is 17.8 Å². The molecule has 0 aliphatic rings. The fraction of sp³-hybridized carbons (Fsp3) is 0.308. The highest BCUT2D eigenvalue weighted by Crippen LogP contribution is 2.07. The van der Waals surface area contributed by atoms with Crippen LogP contribution in [0.5, 0.6) is 0 Å². The molecule has 0 fully saturated rings. The maximum absolute atomic E-state index is 12.1. The normalized spacial score (nSPS) is 10.1. The zero-order chi connectivity index (χ0) is 15.8. The van der Waals surface area contributed by atoms with E-state index in [0.717, 1.165) is 6.92 Å². The van der Waals surface area contributed by atoms with Crippen LogP contribution in [-0.2, 0) is 19.3 Å². The second kappa shape index (κ2) is 7.98. The van der Waals surface area contributed by atoms with Crippen LogP contribution in [0.1, 0.15) is 37.0 Å². The van der Waals surface area contributed by atoms with Gasteiger partial charge in [0.1, 0.15) is 0 Å². The lowest BCUT2D eigenvalue weighted by Gasteiger charge is -2.25. The Bertz CT molecular complexity index is 506. The second-order valence-electron chi connectivity index (χ2n) is 4.05. The maximum atomic E-state index is 12.1. The zero-order valence-electron chi connectivity index (χ0n) is 11.8. The molecule has 8 nitrogen and oxygen atoms in total. The fourth-order valence-corrected chi connectivity index (χ4v) is 1.34. The lowest BCUT2D eigenvalue weighted by molar-refractivity contribution is -0.402. The van der Waals surface area contributed by atoms with E-state index in [1.165, 1.54) is 12.1 Å². The van der Waals surface area contributed by atoms with Crippen molar-refractivity contribution < 1.29 is 24.1 Å². The number of hydrogen-bond acceptors (Lipinski definition) is 7. The number of nitrogens with zero attached hydrogens (tertiary/aromatic N) is 2. The molecule has 0 bridgehead atoms. The smallest absolute Gasteiger partial charge is 0.314 e. The molecule has 1 aromatic carbocycles. The third kappa shape index (κ3) is 5.21. The Morgan fingerprint density at radius 1 is 1.14 bits per heavy atom. The number of hydrogen-bond donors (Lipinski definition) is 1. The highest BCUT2D eigenvalue weighted by Gasteiger charge is 2.26. The fourth-order valence-electron chi connectivity index (χ4n) is 1.34. The topological polar surface area (TPSA) is 102 Å². The Balaban J connectivity index is 2.83. The molecule has 2 N–H and O–H groups in total. The lowest BCUT2D eigenvalue weighted by atomic mass is 10.2. The molecular weight excluding hydrogens is 278 g/mol. The molecule has 0 spiro atoms. The molecule has 1 amide bonds. The predicted molar refractivity (Wildman–Crippen MR) is 71.4 cm³/mol. The van der Waals surface area contributed by atoms with E-state index in [9.17, 15) is 14.4 Å². The molecule has 114 valence electrons. The number of carbonyl (C=O) groups is 3. The van der Waals surface area contributed by atoms with Crippen LogP contribution in [0.2, 0.25) is 0 Å². The van der Waals surface area contributed by atoms with Gasteiger partial charge in [0.05, 0.1) is 0 Å². The van der Waals surface area contributed by atoms with Gasteiger partial charge in [0.25, 0.3) is 5.91 Å². The van der Waals surface area contributed by atoms with Gasteiger partial charge < -0.3 is 9.68 Å². The second-order valence-corrected chi connectivity index (χ2v) is 4.05. The Hall–Kier alpha value is -2.45. The summed E-state index contributed by atoms with van der Waals surface area (Å²) in [6.07, 6.45) is 0.620. The van der Waals surface area contributed by atoms with Gasteiger partial charge in [-0.15, -0.1) is 5.12 Å². The molecule has 0 heterocycles. The van der Waals surface area contributed by atoms with Crippen molar-refractivity contribution in [2.45, 2.75) is 26.7 Å². The molecule has 0 saturated heterocycles. The van der Waals surface area contributed by atoms with Crippen LogP contribution < -0.4 is 5.84 Å². The lowest BCUT2D eigenvalue weighted by Crippen LogP contribution is -2.52. The molecule has 0 atom stereocenters. The summed E-state index contributed by atoms with van der Waals surface area (Å²) in [6.45, 7) is 2.86. The van der Waals surface area contributed by atoms with Gasteiger partial charge in [-0.2, -0.15) is 0 Å². The van der Waals surface area contributed by atoms with Crippen molar-refractivity contribution >= 4 is 17.8 Å². The molecule has 0 saturated carbocycles. The standard InChI is InChI=1S/C13H17N3O5/c1-3-7-12(18)21-16(20-10(2)17)15(14)13(19)11-8-5-4-6-9-11/h4-6,8-9H,3,7,14H2,1-2H3. The van der Waals surface area contributed by atoms with Crippen molar-refractivity contribution in [1.29, 1.82) is 0 Å². The van der Waals surface area contributed by atoms with Gasteiger partial charge in [-0.25, -0.2) is 5.84 Å². The molecule has 8 heteroatoms. The Labute approximate surface area is 121 Å². The molecular formula is C13H17N3O5. The van der Waals surface area contributed by atoms with E-state index in [2.05, 4.69) is 4.84 Å². The third-order valence-corrected chi connectivity index (χ3v) is 2.25. The van der Waals surface area contributed by atoms with E-state index in [0.29, 0.717) is 11.5 Å². The first kappa shape index (κ1) is 16.6. The van der Waals surface area contributed by atoms with Crippen LogP contribution in [0.4, 0.5) is 0 Å². The summed E-state index contributed by atoms with van der Waals surface area (Å²) in [4.78, 5) is 43.9. The van der Waals surface area contributed by atoms with E-state index in [-0.39, 0.29) is 17.3 Å². The average molecular weight is 295 g/mol. The summed E-state index contributed by atoms with van der Waals surface area (Å²) in [5, 5.41) is 0.681. The number of hydrazine groups is 2. The average Bonchev–Trinajstić information content (AvgIpc) is 2.45. The minimum Gasteiger partial charge on any atom is -0.314 e. The zero-order valence-corrected chi connectivity index (χ0v) is 11.8. The van der Waals surface area contributed by atoms with E-state index in [1.54, 1.807) is 25.1 Å². The van der Waals surface area contributed by atoms with Crippen molar-refractivity contribution in [3.63, 3.8) is 0 Å². The predicted octanol–water partition coefficient (Wildman–Crippen LogP) is 0.956. The molecule has 21 heavy (non-hydrogen) atoms. The molecule has 0 unspecified atom stereocenters. The summed E-state index contributed by atoms with van der Waals surface area (Å²) in [6, 6.07) is 8.04. The molecule has 0 aromatic heterocycles. The molecule has 1 aromatic rings. The van der Waals surface area contributed by atoms with Crippen molar-refractivity contribution in [2.75, 3.05) is 0 Å². The van der Waals surface area contributed by atoms with Gasteiger partial charge in [-0.3, -0.25) is 14.4 Å². The summed E-state index contributed by atoms with van der Waals surface area (Å²) >= 11 is 0. The van der Waals surface area contributed by atoms with Gasteiger partial charge in [-0.05, 0) is 18.6 Å². The monoisotopic (exact) mass is 295 g/mol. The van der Waals surface area contributed by atoms with Crippen LogP contribution in [0.25, 0.3) is 0 Å². The molecule has 0 radical (unpaired) electrons. The third-order valence-electron chi connectivity index (χ3n) is 2.25. The van der Waals surface area contributed by atoms with Crippen molar-refractivity contribution in [3.8, 4) is 0 Å². The van der Waals surface area contributed by atoms with Crippen LogP contribution in [-0.4, -0.2) is 28.3 Å². The molecule has 1 rings (SSSR count). The summed E-state index contributed by atoms with van der Waals surface area (Å²) in [5.41, 5.74) is 0.240. The largest absolute Gasteiger partial charge is 0.331 e. The minimum absolute atomic E-state index is 0.0884. The summed E-state index contributed by atoms with van der Waals surface area (Å²) in [5.74, 6) is 3.35. The SMILES string of the molecule is CCCC(=O)ON(OC(C)=O)N(N)C(=O)c1ccccc1. The van der Waals surface area contributed by atoms with Crippen molar-refractivity contribution in [1.82, 2.24) is 10.5 Å². The van der Waals surface area contributed by atoms with Crippen molar-refractivity contribution in [2.24, 2.45) is 5.84 Å². The number of amides is 1. The first-order valence-corrected chi connectivity index (χ1v) is 6.29. The number of rotatable bonds is 6. The van der Waals surface area contributed by atoms with E-state index >= 15 is 0 Å². The highest BCUT2D eigenvalue weighted by atomic mass is 17.0. The van der Waals surface area contributed by atoms with Crippen molar-refractivity contribution in [3.05, 3.63) is 35.9 Å². The van der Waals surface area contributed by atoms with Gasteiger partial charge in [0.15, 0.2) is 5.34 Å². The first-order valence-electron chi connectivity index (χ1n) is 6.29. The van der Waals surface area contributed by atoms with Gasteiger partial charge in [-0.1, -0.05) is 25.1 Å². The Morgan fingerprint density at radius 2 is 1.76 bits per heavy atom. The first-order chi connectivity index (χ1) is 9.95. The summed E-state index contributed by atoms with van der Waals surface area (Å²) in [7, 11) is 0. The quantitative estimate of drug-likeness (QED) is 0.473. The minimum atomic E-state index is -0.796. The Kier molecular flexibility index (Phi) is 6.31. The van der Waals surface area contributed by atoms with Crippen LogP contribution in [0.15, 0.2) is 30.3 Å². The van der Waals surface area contributed by atoms with Crippen LogP contribution in [0, 0.1) is 0 Å². The van der Waals surface area contributed by atoms with Gasteiger partial charge >= 0.3 is 11.9 Å². The molecule has 0 aliphatic carbocycles. The molecule has 0 aliphatic heterocycles. The number of carbonyl (C=O) groups excluding carboxylic acids is 3.